The van der Waals surface area contributed by atoms with Crippen LogP contribution in [0.5, 0.6) is 11.5 Å². The van der Waals surface area contributed by atoms with Gasteiger partial charge in [0.2, 0.25) is 0 Å². The maximum atomic E-state index is 10.1. The topological polar surface area (TPSA) is 40.5 Å². The first-order valence-electron chi connectivity index (χ1n) is 7.10. The van der Waals surface area contributed by atoms with E-state index in [2.05, 4.69) is 0 Å². The van der Waals surface area contributed by atoms with Gasteiger partial charge >= 0.3 is 0 Å². The highest BCUT2D eigenvalue weighted by molar-refractivity contribution is 6.10. The lowest BCUT2D eigenvalue weighted by atomic mass is 10.0. The lowest BCUT2D eigenvalue weighted by Gasteiger charge is -2.08. The predicted molar refractivity (Wildman–Crippen MR) is 87.5 cm³/mol. The van der Waals surface area contributed by atoms with Crippen LogP contribution < -0.4 is 0 Å². The zero-order chi connectivity index (χ0) is 15.1. The molecule has 0 aliphatic heterocycles. The van der Waals surface area contributed by atoms with Crippen molar-refractivity contribution in [1.29, 1.82) is 0 Å². The van der Waals surface area contributed by atoms with E-state index in [9.17, 15) is 10.2 Å². The van der Waals surface area contributed by atoms with Gasteiger partial charge in [-0.15, -0.1) is 0 Å². The van der Waals surface area contributed by atoms with Gasteiger partial charge in [-0.05, 0) is 0 Å². The van der Waals surface area contributed by atoms with E-state index >= 15 is 0 Å². The van der Waals surface area contributed by atoms with Crippen molar-refractivity contribution in [2.45, 2.75) is 27.7 Å². The molecule has 0 aromatic heterocycles. The molecule has 3 rings (SSSR count). The normalized spacial score (nSPS) is 9.40. The maximum absolute atomic E-state index is 10.1. The summed E-state index contributed by atoms with van der Waals surface area (Å²) in [6, 6.07) is 14.6. The lowest BCUT2D eigenvalue weighted by molar-refractivity contribution is 0.478. The summed E-state index contributed by atoms with van der Waals surface area (Å²) in [5.41, 5.74) is 0. The Balaban J connectivity index is 0.000000461. The molecule has 0 atom stereocenters. The Labute approximate surface area is 120 Å². The van der Waals surface area contributed by atoms with Gasteiger partial charge in [0.25, 0.3) is 0 Å². The Bertz CT molecular complexity index is 570. The van der Waals surface area contributed by atoms with Crippen LogP contribution >= 0.6 is 0 Å². The summed E-state index contributed by atoms with van der Waals surface area (Å²) in [6.45, 7) is 8.00. The van der Waals surface area contributed by atoms with Crippen molar-refractivity contribution in [2.24, 2.45) is 0 Å². The number of fused-ring (bicyclic) bond motifs is 2. The predicted octanol–water partition coefficient (Wildman–Crippen LogP) is 5.46. The van der Waals surface area contributed by atoms with Crippen molar-refractivity contribution < 1.29 is 10.2 Å². The van der Waals surface area contributed by atoms with Gasteiger partial charge in [-0.1, -0.05) is 76.2 Å². The number of rotatable bonds is 0. The third-order valence-corrected chi connectivity index (χ3v) is 2.87. The Morgan fingerprint density at radius 2 is 0.700 bits per heavy atom. The van der Waals surface area contributed by atoms with Gasteiger partial charge in [0.1, 0.15) is 11.5 Å². The van der Waals surface area contributed by atoms with Crippen molar-refractivity contribution in [3.8, 4) is 11.5 Å². The lowest BCUT2D eigenvalue weighted by Crippen LogP contribution is -1.80. The molecule has 3 aromatic rings. The molecule has 0 spiro atoms. The summed E-state index contributed by atoms with van der Waals surface area (Å²) in [6.07, 6.45) is 0. The molecule has 0 heterocycles. The molecule has 0 aliphatic rings. The fraction of sp³-hybridized carbons (Fsp3) is 0.222. The Hall–Kier alpha value is -2.22. The first kappa shape index (κ1) is 15.8. The molecule has 0 amide bonds. The van der Waals surface area contributed by atoms with Crippen LogP contribution in [-0.4, -0.2) is 10.2 Å². The summed E-state index contributed by atoms with van der Waals surface area (Å²) in [5.74, 6) is 0.452. The van der Waals surface area contributed by atoms with Crippen molar-refractivity contribution in [3.63, 3.8) is 0 Å². The second-order valence-corrected chi connectivity index (χ2v) is 3.79. The fourth-order valence-corrected chi connectivity index (χ4v) is 2.08. The summed E-state index contributed by atoms with van der Waals surface area (Å²) >= 11 is 0. The molecule has 0 aliphatic carbocycles. The van der Waals surface area contributed by atoms with E-state index in [1.54, 1.807) is 24.3 Å². The summed E-state index contributed by atoms with van der Waals surface area (Å²) in [7, 11) is 0. The van der Waals surface area contributed by atoms with Crippen LogP contribution in [0.3, 0.4) is 0 Å². The Morgan fingerprint density at radius 3 is 0.900 bits per heavy atom. The van der Waals surface area contributed by atoms with E-state index in [0.29, 0.717) is 21.5 Å². The van der Waals surface area contributed by atoms with E-state index in [1.165, 1.54) is 0 Å². The van der Waals surface area contributed by atoms with Crippen LogP contribution in [0.2, 0.25) is 0 Å². The largest absolute Gasteiger partial charge is 0.507 e. The zero-order valence-electron chi connectivity index (χ0n) is 12.5. The van der Waals surface area contributed by atoms with Crippen molar-refractivity contribution in [2.75, 3.05) is 0 Å². The van der Waals surface area contributed by atoms with Gasteiger partial charge in [-0.25, -0.2) is 0 Å². The summed E-state index contributed by atoms with van der Waals surface area (Å²) < 4.78 is 0. The second-order valence-electron chi connectivity index (χ2n) is 3.79. The van der Waals surface area contributed by atoms with E-state index in [0.717, 1.165) is 0 Å². The minimum Gasteiger partial charge on any atom is -0.507 e. The average Bonchev–Trinajstić information content (AvgIpc) is 2.56. The molecular formula is C18H22O2. The third-order valence-electron chi connectivity index (χ3n) is 2.87. The van der Waals surface area contributed by atoms with Gasteiger partial charge < -0.3 is 10.2 Å². The second kappa shape index (κ2) is 7.39. The standard InChI is InChI=1S/C14H10O2.2C2H6/c15-13-9-5-1-2-6-10(9)14(16)12-8-4-3-7-11(12)13;2*1-2/h1-8,15-16H;2*1-2H3. The van der Waals surface area contributed by atoms with E-state index in [-0.39, 0.29) is 11.5 Å². The molecule has 0 bridgehead atoms. The smallest absolute Gasteiger partial charge is 0.131 e. The molecule has 0 unspecified atom stereocenters. The number of aromatic hydroxyl groups is 2. The molecule has 2 heteroatoms. The average molecular weight is 270 g/mol. The van der Waals surface area contributed by atoms with Gasteiger partial charge in [0.15, 0.2) is 0 Å². The first-order valence-corrected chi connectivity index (χ1v) is 7.10. The number of phenols is 2. The summed E-state index contributed by atoms with van der Waals surface area (Å²) in [5, 5.41) is 23.0. The quantitative estimate of drug-likeness (QED) is 0.421. The van der Waals surface area contributed by atoms with Gasteiger partial charge in [0.05, 0.1) is 0 Å². The number of phenolic OH excluding ortho intramolecular Hbond substituents is 2. The SMILES string of the molecule is CC.CC.Oc1c2ccccc2c(O)c2ccccc12. The van der Waals surface area contributed by atoms with Crippen molar-refractivity contribution in [1.82, 2.24) is 0 Å². The molecule has 0 radical (unpaired) electrons. The molecule has 2 N–H and O–H groups in total. The monoisotopic (exact) mass is 270 g/mol. The highest BCUT2D eigenvalue weighted by atomic mass is 16.3. The van der Waals surface area contributed by atoms with Crippen LogP contribution in [0.1, 0.15) is 27.7 Å². The Morgan fingerprint density at radius 1 is 0.500 bits per heavy atom. The van der Waals surface area contributed by atoms with E-state index in [1.807, 2.05) is 52.0 Å². The molecule has 2 nitrogen and oxygen atoms in total. The zero-order valence-corrected chi connectivity index (χ0v) is 12.5. The molecule has 0 saturated carbocycles. The van der Waals surface area contributed by atoms with Crippen LogP contribution in [-0.2, 0) is 0 Å². The third kappa shape index (κ3) is 2.69. The highest BCUT2D eigenvalue weighted by Crippen LogP contribution is 2.40. The van der Waals surface area contributed by atoms with Crippen LogP contribution in [0.4, 0.5) is 0 Å². The number of benzene rings is 3. The minimum atomic E-state index is 0.226. The number of hydrogen-bond acceptors (Lipinski definition) is 2. The fourth-order valence-electron chi connectivity index (χ4n) is 2.08. The maximum Gasteiger partial charge on any atom is 0.131 e. The molecule has 20 heavy (non-hydrogen) atoms. The van der Waals surface area contributed by atoms with Crippen LogP contribution in [0, 0.1) is 0 Å². The van der Waals surface area contributed by atoms with Crippen LogP contribution in [0.25, 0.3) is 21.5 Å². The van der Waals surface area contributed by atoms with Crippen LogP contribution in [0.15, 0.2) is 48.5 Å². The molecule has 0 saturated heterocycles. The first-order chi connectivity index (χ1) is 9.79. The van der Waals surface area contributed by atoms with Crippen molar-refractivity contribution >= 4 is 21.5 Å². The molecule has 3 aromatic carbocycles. The molecule has 0 fully saturated rings. The Kier molecular flexibility index (Phi) is 5.85. The van der Waals surface area contributed by atoms with Crippen molar-refractivity contribution in [3.05, 3.63) is 48.5 Å². The van der Waals surface area contributed by atoms with E-state index in [4.69, 9.17) is 0 Å². The molecular weight excluding hydrogens is 248 g/mol. The highest BCUT2D eigenvalue weighted by Gasteiger charge is 2.10. The van der Waals surface area contributed by atoms with Gasteiger partial charge in [-0.3, -0.25) is 0 Å². The van der Waals surface area contributed by atoms with Gasteiger partial charge in [-0.2, -0.15) is 0 Å². The minimum absolute atomic E-state index is 0.226. The number of hydrogen-bond donors (Lipinski definition) is 2. The van der Waals surface area contributed by atoms with E-state index < -0.39 is 0 Å². The summed E-state index contributed by atoms with van der Waals surface area (Å²) in [4.78, 5) is 0. The van der Waals surface area contributed by atoms with Gasteiger partial charge in [0, 0.05) is 21.5 Å². The molecule has 106 valence electrons.